The van der Waals surface area contributed by atoms with Crippen molar-refractivity contribution in [2.24, 2.45) is 0 Å². The van der Waals surface area contributed by atoms with Gasteiger partial charge in [0, 0.05) is 11.0 Å². The molecule has 0 radical (unpaired) electrons. The van der Waals surface area contributed by atoms with Crippen LogP contribution in [-0.2, 0) is 4.74 Å². The first-order valence-electron chi connectivity index (χ1n) is 6.22. The van der Waals surface area contributed by atoms with E-state index in [1.54, 1.807) is 0 Å². The van der Waals surface area contributed by atoms with E-state index in [0.29, 0.717) is 12.2 Å². The van der Waals surface area contributed by atoms with Crippen molar-refractivity contribution in [2.45, 2.75) is 45.8 Å². The smallest absolute Gasteiger partial charge is 0.0751 e. The minimum absolute atomic E-state index is 0.359. The summed E-state index contributed by atoms with van der Waals surface area (Å²) < 4.78 is 6.95. The summed E-state index contributed by atoms with van der Waals surface area (Å²) >= 11 is 3.62. The van der Waals surface area contributed by atoms with Crippen LogP contribution in [0.15, 0.2) is 16.6 Å². The predicted molar refractivity (Wildman–Crippen MR) is 75.7 cm³/mol. The Morgan fingerprint density at radius 3 is 2.71 bits per heavy atom. The molecule has 3 heteroatoms. The summed E-state index contributed by atoms with van der Waals surface area (Å²) in [6, 6.07) is 4.35. The summed E-state index contributed by atoms with van der Waals surface area (Å²) in [6.45, 7) is 7.29. The number of anilines is 1. The van der Waals surface area contributed by atoms with Crippen molar-refractivity contribution >= 4 is 21.6 Å². The predicted octanol–water partition coefficient (Wildman–Crippen LogP) is 4.05. The van der Waals surface area contributed by atoms with Gasteiger partial charge in [-0.15, -0.1) is 0 Å². The van der Waals surface area contributed by atoms with E-state index in [2.05, 4.69) is 54.2 Å². The Hall–Kier alpha value is -0.540. The third kappa shape index (κ3) is 3.23. The summed E-state index contributed by atoms with van der Waals surface area (Å²) in [5, 5.41) is 3.50. The van der Waals surface area contributed by atoms with E-state index in [4.69, 9.17) is 4.74 Å². The molecule has 1 heterocycles. The molecule has 0 amide bonds. The maximum atomic E-state index is 5.81. The van der Waals surface area contributed by atoms with Gasteiger partial charge in [0.05, 0.1) is 17.9 Å². The largest absolute Gasteiger partial charge is 0.381 e. The highest BCUT2D eigenvalue weighted by molar-refractivity contribution is 9.10. The Balaban J connectivity index is 1.99. The Labute approximate surface area is 112 Å². The van der Waals surface area contributed by atoms with Crippen LogP contribution in [-0.4, -0.2) is 18.8 Å². The van der Waals surface area contributed by atoms with E-state index in [1.165, 1.54) is 23.2 Å². The fourth-order valence-electron chi connectivity index (χ4n) is 2.39. The second kappa shape index (κ2) is 5.40. The highest BCUT2D eigenvalue weighted by Gasteiger charge is 2.21. The third-order valence-electron chi connectivity index (χ3n) is 3.26. The highest BCUT2D eigenvalue weighted by Crippen LogP contribution is 2.28. The monoisotopic (exact) mass is 297 g/mol. The molecule has 0 bridgehead atoms. The molecule has 1 N–H and O–H groups in total. The van der Waals surface area contributed by atoms with Crippen molar-refractivity contribution in [2.75, 3.05) is 11.9 Å². The molecule has 0 aromatic heterocycles. The number of rotatable bonds is 3. The molecule has 0 saturated carbocycles. The van der Waals surface area contributed by atoms with Crippen LogP contribution in [0.2, 0.25) is 0 Å². The molecule has 1 aliphatic rings. The van der Waals surface area contributed by atoms with Gasteiger partial charge in [0.1, 0.15) is 0 Å². The quantitative estimate of drug-likeness (QED) is 0.909. The molecule has 2 unspecified atom stereocenters. The lowest BCUT2D eigenvalue weighted by Gasteiger charge is -2.16. The minimum atomic E-state index is 0.359. The van der Waals surface area contributed by atoms with Gasteiger partial charge < -0.3 is 10.1 Å². The maximum Gasteiger partial charge on any atom is 0.0751 e. The topological polar surface area (TPSA) is 21.3 Å². The molecule has 1 aromatic carbocycles. The molecule has 2 atom stereocenters. The van der Waals surface area contributed by atoms with Crippen LogP contribution in [0.4, 0.5) is 5.69 Å². The molecular weight excluding hydrogens is 278 g/mol. The first-order valence-corrected chi connectivity index (χ1v) is 7.01. The fraction of sp³-hybridized carbons (Fsp3) is 0.571. The fourth-order valence-corrected chi connectivity index (χ4v) is 3.20. The number of aryl methyl sites for hydroxylation is 2. The number of nitrogens with one attached hydrogen (secondary N) is 1. The van der Waals surface area contributed by atoms with Crippen molar-refractivity contribution in [3.8, 4) is 0 Å². The van der Waals surface area contributed by atoms with E-state index < -0.39 is 0 Å². The van der Waals surface area contributed by atoms with Gasteiger partial charge in [-0.05, 0) is 66.7 Å². The average Bonchev–Trinajstić information content (AvgIpc) is 2.62. The second-order valence-electron chi connectivity index (χ2n) is 4.97. The van der Waals surface area contributed by atoms with Gasteiger partial charge in [-0.3, -0.25) is 0 Å². The molecule has 17 heavy (non-hydrogen) atoms. The van der Waals surface area contributed by atoms with Gasteiger partial charge in [0.25, 0.3) is 0 Å². The lowest BCUT2D eigenvalue weighted by atomic mass is 10.1. The molecule has 2 nitrogen and oxygen atoms in total. The Morgan fingerprint density at radius 1 is 1.35 bits per heavy atom. The summed E-state index contributed by atoms with van der Waals surface area (Å²) in [4.78, 5) is 0. The lowest BCUT2D eigenvalue weighted by molar-refractivity contribution is 0.0637. The minimum Gasteiger partial charge on any atom is -0.381 e. The molecule has 1 aromatic rings. The molecule has 0 spiro atoms. The van der Waals surface area contributed by atoms with Crippen LogP contribution in [0.1, 0.15) is 30.9 Å². The first kappa shape index (κ1) is 12.9. The van der Waals surface area contributed by atoms with Gasteiger partial charge in [-0.25, -0.2) is 0 Å². The molecule has 1 aliphatic heterocycles. The van der Waals surface area contributed by atoms with Crippen LogP contribution in [0, 0.1) is 13.8 Å². The second-order valence-corrected chi connectivity index (χ2v) is 5.82. The van der Waals surface area contributed by atoms with E-state index in [1.807, 2.05) is 0 Å². The van der Waals surface area contributed by atoms with E-state index in [-0.39, 0.29) is 0 Å². The Kier molecular flexibility index (Phi) is 4.10. The SMILES string of the molecule is Cc1cc(C)c(NCC2CCC(C)O2)c(Br)c1. The first-order chi connectivity index (χ1) is 8.06. The van der Waals surface area contributed by atoms with Crippen LogP contribution < -0.4 is 5.32 Å². The molecule has 94 valence electrons. The summed E-state index contributed by atoms with van der Waals surface area (Å²) in [6.07, 6.45) is 3.12. The van der Waals surface area contributed by atoms with Crippen molar-refractivity contribution in [3.05, 3.63) is 27.7 Å². The Morgan fingerprint density at radius 2 is 2.12 bits per heavy atom. The molecule has 0 aliphatic carbocycles. The molecule has 1 saturated heterocycles. The van der Waals surface area contributed by atoms with Gasteiger partial charge in [0.15, 0.2) is 0 Å². The number of benzene rings is 1. The number of halogens is 1. The zero-order valence-corrected chi connectivity index (χ0v) is 12.3. The standard InChI is InChI=1S/C14H20BrNO/c1-9-6-10(2)14(13(15)7-9)16-8-12-5-4-11(3)17-12/h6-7,11-12,16H,4-5,8H2,1-3H3. The lowest BCUT2D eigenvalue weighted by Crippen LogP contribution is -2.20. The van der Waals surface area contributed by atoms with Crippen molar-refractivity contribution < 1.29 is 4.74 Å². The summed E-state index contributed by atoms with van der Waals surface area (Å²) in [7, 11) is 0. The van der Waals surface area contributed by atoms with Gasteiger partial charge in [-0.2, -0.15) is 0 Å². The van der Waals surface area contributed by atoms with Crippen molar-refractivity contribution in [1.29, 1.82) is 0 Å². The molecular formula is C14H20BrNO. The van der Waals surface area contributed by atoms with Gasteiger partial charge in [-0.1, -0.05) is 6.07 Å². The van der Waals surface area contributed by atoms with Gasteiger partial charge in [0.2, 0.25) is 0 Å². The van der Waals surface area contributed by atoms with E-state index in [0.717, 1.165) is 17.4 Å². The zero-order chi connectivity index (χ0) is 12.4. The van der Waals surface area contributed by atoms with Gasteiger partial charge >= 0.3 is 0 Å². The van der Waals surface area contributed by atoms with E-state index >= 15 is 0 Å². The van der Waals surface area contributed by atoms with Crippen LogP contribution in [0.5, 0.6) is 0 Å². The summed E-state index contributed by atoms with van der Waals surface area (Å²) in [5.74, 6) is 0. The molecule has 2 rings (SSSR count). The van der Waals surface area contributed by atoms with Crippen molar-refractivity contribution in [3.63, 3.8) is 0 Å². The number of hydrogen-bond donors (Lipinski definition) is 1. The highest BCUT2D eigenvalue weighted by atomic mass is 79.9. The average molecular weight is 298 g/mol. The zero-order valence-electron chi connectivity index (χ0n) is 10.7. The van der Waals surface area contributed by atoms with Crippen LogP contribution >= 0.6 is 15.9 Å². The Bertz CT molecular complexity index is 382. The van der Waals surface area contributed by atoms with Crippen LogP contribution in [0.25, 0.3) is 0 Å². The van der Waals surface area contributed by atoms with E-state index in [9.17, 15) is 0 Å². The molecule has 1 fully saturated rings. The third-order valence-corrected chi connectivity index (χ3v) is 3.88. The number of hydrogen-bond acceptors (Lipinski definition) is 2. The number of ether oxygens (including phenoxy) is 1. The van der Waals surface area contributed by atoms with Crippen molar-refractivity contribution in [1.82, 2.24) is 0 Å². The maximum absolute atomic E-state index is 5.81. The normalized spacial score (nSPS) is 24.0. The summed E-state index contributed by atoms with van der Waals surface area (Å²) in [5.41, 5.74) is 3.76. The van der Waals surface area contributed by atoms with Crippen LogP contribution in [0.3, 0.4) is 0 Å².